The zero-order valence-electron chi connectivity index (χ0n) is 18.0. The third kappa shape index (κ3) is 5.68. The molecular weight excluding hydrogens is 402 g/mol. The van der Waals surface area contributed by atoms with Crippen LogP contribution in [-0.4, -0.2) is 24.6 Å². The summed E-state index contributed by atoms with van der Waals surface area (Å²) in [6.45, 7) is 4.45. The van der Waals surface area contributed by atoms with E-state index in [-0.39, 0.29) is 11.9 Å². The monoisotopic (exact) mass is 428 g/mol. The Morgan fingerprint density at radius 3 is 2.44 bits per heavy atom. The van der Waals surface area contributed by atoms with Crippen LogP contribution >= 0.6 is 0 Å². The quantitative estimate of drug-likeness (QED) is 0.274. The van der Waals surface area contributed by atoms with Crippen LogP contribution in [0.15, 0.2) is 77.9 Å². The lowest BCUT2D eigenvalue weighted by Gasteiger charge is -2.26. The van der Waals surface area contributed by atoms with Crippen LogP contribution in [0.3, 0.4) is 0 Å². The summed E-state index contributed by atoms with van der Waals surface area (Å²) in [4.78, 5) is 24.8. The van der Waals surface area contributed by atoms with Crippen molar-refractivity contribution < 1.29 is 19.2 Å². The van der Waals surface area contributed by atoms with Gasteiger partial charge in [-0.3, -0.25) is 9.59 Å². The van der Waals surface area contributed by atoms with E-state index >= 15 is 0 Å². The number of carbonyl (C=O) groups is 2. The van der Waals surface area contributed by atoms with E-state index in [9.17, 15) is 9.59 Å². The topological polar surface area (TPSA) is 72.2 Å². The number of hydrogen-bond donors (Lipinski definition) is 2. The average molecular weight is 429 g/mol. The molecule has 3 aromatic rings. The van der Waals surface area contributed by atoms with E-state index in [2.05, 4.69) is 34.8 Å². The Morgan fingerprint density at radius 1 is 1.00 bits per heavy atom. The van der Waals surface area contributed by atoms with Crippen molar-refractivity contribution in [2.45, 2.75) is 26.4 Å². The molecule has 1 amide bonds. The predicted molar refractivity (Wildman–Crippen MR) is 123 cm³/mol. The summed E-state index contributed by atoms with van der Waals surface area (Å²) >= 11 is 0. The summed E-state index contributed by atoms with van der Waals surface area (Å²) in [6, 6.07) is 23.2. The number of nitrogens with zero attached hydrogens (tertiary/aromatic N) is 1. The molecule has 6 nitrogen and oxygen atoms in total. The number of rotatable bonds is 6. The van der Waals surface area contributed by atoms with Gasteiger partial charge in [-0.2, -0.15) is 5.10 Å². The number of ether oxygens (including phenoxy) is 1. The first-order valence-corrected chi connectivity index (χ1v) is 10.7. The largest absolute Gasteiger partial charge is 0.427 e. The smallest absolute Gasteiger partial charge is 0.308 e. The van der Waals surface area contributed by atoms with Crippen LogP contribution < -0.4 is 15.1 Å². The summed E-state index contributed by atoms with van der Waals surface area (Å²) in [6.07, 6.45) is 2.65. The van der Waals surface area contributed by atoms with Gasteiger partial charge in [0.15, 0.2) is 0 Å². The van der Waals surface area contributed by atoms with Crippen molar-refractivity contribution in [1.82, 2.24) is 5.43 Å². The second-order valence-corrected chi connectivity index (χ2v) is 7.93. The van der Waals surface area contributed by atoms with Crippen LogP contribution in [0.4, 0.5) is 0 Å². The normalized spacial score (nSPS) is 15.2. The predicted octanol–water partition coefficient (Wildman–Crippen LogP) is 2.52. The van der Waals surface area contributed by atoms with Gasteiger partial charge < -0.3 is 9.64 Å². The van der Waals surface area contributed by atoms with E-state index in [1.807, 2.05) is 24.3 Å². The Bertz CT molecular complexity index is 1120. The molecule has 0 saturated heterocycles. The minimum Gasteiger partial charge on any atom is -0.427 e. The Balaban J connectivity index is 1.28. The Morgan fingerprint density at radius 2 is 1.72 bits per heavy atom. The average Bonchev–Trinajstić information content (AvgIpc) is 2.80. The fraction of sp³-hybridized carbons (Fsp3) is 0.192. The summed E-state index contributed by atoms with van der Waals surface area (Å²) in [7, 11) is 0. The highest BCUT2D eigenvalue weighted by Crippen LogP contribution is 2.12. The maximum Gasteiger partial charge on any atom is 0.308 e. The van der Waals surface area contributed by atoms with E-state index in [0.29, 0.717) is 11.3 Å². The first-order valence-electron chi connectivity index (χ1n) is 10.7. The zero-order valence-corrected chi connectivity index (χ0v) is 18.0. The van der Waals surface area contributed by atoms with Gasteiger partial charge in [0.2, 0.25) is 0 Å². The zero-order chi connectivity index (χ0) is 22.3. The molecule has 3 aromatic carbocycles. The lowest BCUT2D eigenvalue weighted by Crippen LogP contribution is -3.10. The molecule has 2 N–H and O–H groups in total. The molecule has 0 spiro atoms. The first-order chi connectivity index (χ1) is 15.6. The van der Waals surface area contributed by atoms with Crippen molar-refractivity contribution in [3.05, 3.63) is 101 Å². The van der Waals surface area contributed by atoms with Gasteiger partial charge in [0.05, 0.1) is 12.8 Å². The van der Waals surface area contributed by atoms with Crippen molar-refractivity contribution >= 4 is 18.1 Å². The number of hydrogen-bond acceptors (Lipinski definition) is 4. The summed E-state index contributed by atoms with van der Waals surface area (Å²) in [5.41, 5.74) is 8.00. The molecule has 1 unspecified atom stereocenters. The van der Waals surface area contributed by atoms with E-state index in [1.54, 1.807) is 30.5 Å². The molecule has 0 fully saturated rings. The molecule has 162 valence electrons. The Labute approximate surface area is 187 Å². The molecule has 0 saturated carbocycles. The SMILES string of the molecule is CC(=O)Oc1ccc(C=NNC(=O)c2ccc(C[NH+]3CCc4ccccc4C3)cc2)cc1. The standard InChI is InChI=1S/C26H25N3O3/c1-19(30)32-25-12-8-20(9-13-25)16-27-28-26(31)23-10-6-21(7-11-23)17-29-15-14-22-4-2-3-5-24(22)18-29/h2-13,16H,14-15,17-18H2,1H3,(H,28,31)/p+1. The van der Waals surface area contributed by atoms with Crippen LogP contribution in [0.25, 0.3) is 0 Å². The molecule has 1 atom stereocenters. The Kier molecular flexibility index (Phi) is 6.72. The van der Waals surface area contributed by atoms with Crippen LogP contribution in [0.1, 0.15) is 39.5 Å². The fourth-order valence-corrected chi connectivity index (χ4v) is 3.87. The second-order valence-electron chi connectivity index (χ2n) is 7.93. The molecule has 1 heterocycles. The van der Waals surface area contributed by atoms with Gasteiger partial charge in [0, 0.05) is 30.0 Å². The van der Waals surface area contributed by atoms with Gasteiger partial charge in [-0.25, -0.2) is 5.43 Å². The number of esters is 1. The minimum absolute atomic E-state index is 0.261. The summed E-state index contributed by atoms with van der Waals surface area (Å²) in [5.74, 6) is -0.162. The molecule has 6 heteroatoms. The lowest BCUT2D eigenvalue weighted by atomic mass is 9.99. The number of carbonyl (C=O) groups excluding carboxylic acids is 2. The molecule has 32 heavy (non-hydrogen) atoms. The minimum atomic E-state index is -0.368. The van der Waals surface area contributed by atoms with Crippen LogP contribution in [0.5, 0.6) is 5.75 Å². The third-order valence-corrected chi connectivity index (χ3v) is 5.50. The van der Waals surface area contributed by atoms with Gasteiger partial charge in [0.25, 0.3) is 5.91 Å². The maximum absolute atomic E-state index is 12.4. The molecule has 0 aromatic heterocycles. The number of fused-ring (bicyclic) bond motifs is 1. The highest BCUT2D eigenvalue weighted by Gasteiger charge is 2.19. The van der Waals surface area contributed by atoms with Crippen molar-refractivity contribution in [2.24, 2.45) is 5.10 Å². The van der Waals surface area contributed by atoms with Gasteiger partial charge in [-0.1, -0.05) is 36.4 Å². The fourth-order valence-electron chi connectivity index (χ4n) is 3.87. The van der Waals surface area contributed by atoms with Gasteiger partial charge in [-0.15, -0.1) is 0 Å². The van der Waals surface area contributed by atoms with Gasteiger partial charge >= 0.3 is 5.97 Å². The maximum atomic E-state index is 12.4. The van der Waals surface area contributed by atoms with E-state index in [1.165, 1.54) is 28.5 Å². The van der Waals surface area contributed by atoms with E-state index in [0.717, 1.165) is 31.6 Å². The Hall–Kier alpha value is -3.77. The molecular formula is C26H26N3O3+. The number of benzene rings is 3. The van der Waals surface area contributed by atoms with E-state index < -0.39 is 0 Å². The number of quaternary nitrogens is 1. The lowest BCUT2D eigenvalue weighted by molar-refractivity contribution is -0.929. The molecule has 0 aliphatic carbocycles. The number of hydrazone groups is 1. The second kappa shape index (κ2) is 10.0. The van der Waals surface area contributed by atoms with Crippen LogP contribution in [0, 0.1) is 0 Å². The first kappa shape index (κ1) is 21.5. The summed E-state index contributed by atoms with van der Waals surface area (Å²) < 4.78 is 4.99. The molecule has 0 radical (unpaired) electrons. The van der Waals surface area contributed by atoms with Crippen molar-refractivity contribution in [3.8, 4) is 5.75 Å². The summed E-state index contributed by atoms with van der Waals surface area (Å²) in [5, 5.41) is 4.01. The molecule has 1 aliphatic rings. The van der Waals surface area contributed by atoms with Crippen LogP contribution in [-0.2, 0) is 24.3 Å². The van der Waals surface area contributed by atoms with Crippen LogP contribution in [0.2, 0.25) is 0 Å². The highest BCUT2D eigenvalue weighted by molar-refractivity contribution is 5.94. The molecule has 0 bridgehead atoms. The van der Waals surface area contributed by atoms with Gasteiger partial charge in [-0.05, 0) is 47.5 Å². The van der Waals surface area contributed by atoms with Crippen molar-refractivity contribution in [3.63, 3.8) is 0 Å². The third-order valence-electron chi connectivity index (χ3n) is 5.50. The number of nitrogens with one attached hydrogen (secondary N) is 2. The molecule has 4 rings (SSSR count). The van der Waals surface area contributed by atoms with E-state index in [4.69, 9.17) is 4.74 Å². The highest BCUT2D eigenvalue weighted by atomic mass is 16.5. The van der Waals surface area contributed by atoms with Crippen molar-refractivity contribution in [2.75, 3.05) is 6.54 Å². The van der Waals surface area contributed by atoms with Gasteiger partial charge in [0.1, 0.15) is 18.8 Å². The number of amides is 1. The molecule has 1 aliphatic heterocycles. The van der Waals surface area contributed by atoms with Crippen molar-refractivity contribution in [1.29, 1.82) is 0 Å².